The number of amides is 2. The number of nitrogens with one attached hydrogen (secondary N) is 1. The van der Waals surface area contributed by atoms with E-state index in [2.05, 4.69) is 10.3 Å². The fourth-order valence-electron chi connectivity index (χ4n) is 3.05. The van der Waals surface area contributed by atoms with E-state index in [1.165, 1.54) is 0 Å². The molecule has 2 aromatic carbocycles. The van der Waals surface area contributed by atoms with Crippen LogP contribution < -0.4 is 5.32 Å². The minimum atomic E-state index is -0.319. The van der Waals surface area contributed by atoms with E-state index < -0.39 is 0 Å². The molecule has 142 valence electrons. The van der Waals surface area contributed by atoms with Crippen molar-refractivity contribution >= 4 is 11.8 Å². The average Bonchev–Trinajstić information content (AvgIpc) is 2.74. The Labute approximate surface area is 165 Å². The maximum Gasteiger partial charge on any atom is 0.242 e. The number of hydrogen-bond acceptors (Lipinski definition) is 3. The Hall–Kier alpha value is -3.47. The molecule has 1 atom stereocenters. The minimum absolute atomic E-state index is 0.0572. The zero-order valence-electron chi connectivity index (χ0n) is 15.8. The first-order chi connectivity index (χ1) is 13.6. The van der Waals surface area contributed by atoms with Gasteiger partial charge in [0.1, 0.15) is 0 Å². The molecule has 0 aliphatic heterocycles. The fourth-order valence-corrected chi connectivity index (χ4v) is 3.05. The van der Waals surface area contributed by atoms with E-state index in [0.717, 1.165) is 16.8 Å². The van der Waals surface area contributed by atoms with Gasteiger partial charge >= 0.3 is 0 Å². The molecule has 0 bridgehead atoms. The largest absolute Gasteiger partial charge is 0.347 e. The monoisotopic (exact) mass is 373 g/mol. The first-order valence-corrected chi connectivity index (χ1v) is 9.17. The van der Waals surface area contributed by atoms with E-state index >= 15 is 0 Å². The first-order valence-electron chi connectivity index (χ1n) is 9.17. The molecule has 2 amide bonds. The number of nitrogens with zero attached hydrogens (tertiary/aromatic N) is 2. The smallest absolute Gasteiger partial charge is 0.242 e. The molecule has 0 saturated heterocycles. The van der Waals surface area contributed by atoms with Crippen molar-refractivity contribution in [3.05, 3.63) is 102 Å². The number of likely N-dealkylation sites (N-methyl/N-ethyl adjacent to an activating group) is 1. The molecule has 0 spiro atoms. The van der Waals surface area contributed by atoms with E-state index in [4.69, 9.17) is 0 Å². The SMILES string of the molecule is CN(C(=O)CNC(=O)Cc1ccccc1)[C@H](c1ccccc1)c1ccccn1. The molecule has 3 rings (SSSR count). The second kappa shape index (κ2) is 9.46. The molecule has 5 nitrogen and oxygen atoms in total. The predicted molar refractivity (Wildman–Crippen MR) is 108 cm³/mol. The summed E-state index contributed by atoms with van der Waals surface area (Å²) in [6, 6.07) is 24.5. The van der Waals surface area contributed by atoms with Gasteiger partial charge in [0.15, 0.2) is 0 Å². The van der Waals surface area contributed by atoms with Crippen LogP contribution in [0.2, 0.25) is 0 Å². The number of hydrogen-bond donors (Lipinski definition) is 1. The van der Waals surface area contributed by atoms with Crippen LogP contribution >= 0.6 is 0 Å². The Kier molecular flexibility index (Phi) is 6.52. The van der Waals surface area contributed by atoms with Gasteiger partial charge in [-0.2, -0.15) is 0 Å². The van der Waals surface area contributed by atoms with Crippen LogP contribution in [0.5, 0.6) is 0 Å². The van der Waals surface area contributed by atoms with Gasteiger partial charge in [0.05, 0.1) is 24.7 Å². The highest BCUT2D eigenvalue weighted by molar-refractivity contribution is 5.86. The van der Waals surface area contributed by atoms with Crippen molar-refractivity contribution in [1.82, 2.24) is 15.2 Å². The number of aromatic nitrogens is 1. The van der Waals surface area contributed by atoms with Crippen molar-refractivity contribution in [3.8, 4) is 0 Å². The van der Waals surface area contributed by atoms with Crippen molar-refractivity contribution in [1.29, 1.82) is 0 Å². The summed E-state index contributed by atoms with van der Waals surface area (Å²) in [5, 5.41) is 2.72. The topological polar surface area (TPSA) is 62.3 Å². The highest BCUT2D eigenvalue weighted by Crippen LogP contribution is 2.25. The summed E-state index contributed by atoms with van der Waals surface area (Å²) < 4.78 is 0. The number of benzene rings is 2. The fraction of sp³-hybridized carbons (Fsp3) is 0.174. The molecule has 28 heavy (non-hydrogen) atoms. The Morgan fingerprint density at radius 3 is 2.21 bits per heavy atom. The summed E-state index contributed by atoms with van der Waals surface area (Å²) in [7, 11) is 1.73. The van der Waals surface area contributed by atoms with Crippen LogP contribution in [0.25, 0.3) is 0 Å². The van der Waals surface area contributed by atoms with Gasteiger partial charge in [0.25, 0.3) is 0 Å². The van der Waals surface area contributed by atoms with Gasteiger partial charge in [-0.1, -0.05) is 66.7 Å². The molecule has 0 aliphatic carbocycles. The van der Waals surface area contributed by atoms with Crippen molar-refractivity contribution in [3.63, 3.8) is 0 Å². The lowest BCUT2D eigenvalue weighted by molar-refractivity contribution is -0.133. The summed E-state index contributed by atoms with van der Waals surface area (Å²) >= 11 is 0. The molecule has 5 heteroatoms. The van der Waals surface area contributed by atoms with Gasteiger partial charge < -0.3 is 10.2 Å². The zero-order chi connectivity index (χ0) is 19.8. The van der Waals surface area contributed by atoms with E-state index in [1.807, 2.05) is 78.9 Å². The van der Waals surface area contributed by atoms with Crippen LogP contribution in [0.15, 0.2) is 85.1 Å². The molecule has 0 aliphatic rings. The Bertz CT molecular complexity index is 859. The van der Waals surface area contributed by atoms with Gasteiger partial charge in [0.2, 0.25) is 11.8 Å². The highest BCUT2D eigenvalue weighted by atomic mass is 16.2. The Morgan fingerprint density at radius 1 is 0.929 bits per heavy atom. The molecular formula is C23H23N3O2. The second-order valence-electron chi connectivity index (χ2n) is 6.51. The summed E-state index contributed by atoms with van der Waals surface area (Å²) in [6.07, 6.45) is 1.96. The molecular weight excluding hydrogens is 350 g/mol. The average molecular weight is 373 g/mol. The van der Waals surface area contributed by atoms with Crippen LogP contribution in [0.1, 0.15) is 22.9 Å². The van der Waals surface area contributed by atoms with Gasteiger partial charge in [-0.3, -0.25) is 14.6 Å². The molecule has 1 heterocycles. The third-order valence-electron chi connectivity index (χ3n) is 4.51. The quantitative estimate of drug-likeness (QED) is 0.693. The number of carbonyl (C=O) groups excluding carboxylic acids is 2. The van der Waals surface area contributed by atoms with Crippen LogP contribution in [0, 0.1) is 0 Å². The third-order valence-corrected chi connectivity index (χ3v) is 4.51. The molecule has 0 fully saturated rings. The molecule has 3 aromatic rings. The maximum atomic E-state index is 12.8. The lowest BCUT2D eigenvalue weighted by Crippen LogP contribution is -2.40. The minimum Gasteiger partial charge on any atom is -0.347 e. The lowest BCUT2D eigenvalue weighted by atomic mass is 10.0. The third kappa shape index (κ3) is 5.04. The van der Waals surface area contributed by atoms with Crippen molar-refractivity contribution in [2.75, 3.05) is 13.6 Å². The normalized spacial score (nSPS) is 11.5. The number of pyridine rings is 1. The van der Waals surface area contributed by atoms with E-state index in [-0.39, 0.29) is 30.8 Å². The van der Waals surface area contributed by atoms with Crippen molar-refractivity contribution < 1.29 is 9.59 Å². The zero-order valence-corrected chi connectivity index (χ0v) is 15.8. The summed E-state index contributed by atoms with van der Waals surface area (Å²) in [5.41, 5.74) is 2.66. The lowest BCUT2D eigenvalue weighted by Gasteiger charge is -2.28. The van der Waals surface area contributed by atoms with Crippen LogP contribution in [0.3, 0.4) is 0 Å². The molecule has 1 N–H and O–H groups in total. The maximum absolute atomic E-state index is 12.8. The van der Waals surface area contributed by atoms with Crippen LogP contribution in [-0.2, 0) is 16.0 Å². The first kappa shape index (κ1) is 19.3. The Balaban J connectivity index is 1.68. The van der Waals surface area contributed by atoms with Crippen LogP contribution in [-0.4, -0.2) is 35.3 Å². The van der Waals surface area contributed by atoms with Gasteiger partial charge in [-0.05, 0) is 23.3 Å². The second-order valence-corrected chi connectivity index (χ2v) is 6.51. The number of carbonyl (C=O) groups is 2. The highest BCUT2D eigenvalue weighted by Gasteiger charge is 2.24. The molecule has 0 saturated carbocycles. The van der Waals surface area contributed by atoms with Crippen LogP contribution in [0.4, 0.5) is 0 Å². The summed E-state index contributed by atoms with van der Waals surface area (Å²) in [4.78, 5) is 31.0. The standard InChI is InChI=1S/C23H23N3O2/c1-26(22(28)17-25-21(27)16-18-10-4-2-5-11-18)23(19-12-6-3-7-13-19)20-14-8-9-15-24-20/h2-15,23H,16-17H2,1H3,(H,25,27)/t23-/m1/s1. The molecule has 0 radical (unpaired) electrons. The predicted octanol–water partition coefficient (Wildman–Crippen LogP) is 2.99. The summed E-state index contributed by atoms with van der Waals surface area (Å²) in [6.45, 7) is -0.0572. The van der Waals surface area contributed by atoms with Gasteiger partial charge in [-0.25, -0.2) is 0 Å². The summed E-state index contributed by atoms with van der Waals surface area (Å²) in [5.74, 6) is -0.358. The molecule has 0 unspecified atom stereocenters. The Morgan fingerprint density at radius 2 is 1.57 bits per heavy atom. The van der Waals surface area contributed by atoms with E-state index in [0.29, 0.717) is 0 Å². The number of rotatable bonds is 7. The molecule has 1 aromatic heterocycles. The van der Waals surface area contributed by atoms with Crippen molar-refractivity contribution in [2.45, 2.75) is 12.5 Å². The van der Waals surface area contributed by atoms with Crippen molar-refractivity contribution in [2.24, 2.45) is 0 Å². The van der Waals surface area contributed by atoms with Gasteiger partial charge in [-0.15, -0.1) is 0 Å². The van der Waals surface area contributed by atoms with E-state index in [9.17, 15) is 9.59 Å². The van der Waals surface area contributed by atoms with E-state index in [1.54, 1.807) is 18.1 Å². The van der Waals surface area contributed by atoms with Gasteiger partial charge in [0, 0.05) is 13.2 Å².